The van der Waals surface area contributed by atoms with Crippen molar-refractivity contribution in [3.05, 3.63) is 157 Å². The van der Waals surface area contributed by atoms with Gasteiger partial charge in [-0.25, -0.2) is 27.4 Å². The van der Waals surface area contributed by atoms with Crippen molar-refractivity contribution >= 4 is 57.3 Å². The molecular weight excluding hydrogens is 777 g/mol. The number of imidazole rings is 2. The van der Waals surface area contributed by atoms with E-state index >= 15 is 0 Å². The molecule has 0 aliphatic heterocycles. The summed E-state index contributed by atoms with van der Waals surface area (Å²) in [6, 6.07) is 30.2. The van der Waals surface area contributed by atoms with E-state index in [-0.39, 0.29) is 0 Å². The first kappa shape index (κ1) is 44.5. The van der Waals surface area contributed by atoms with Crippen molar-refractivity contribution in [2.75, 3.05) is 48.5 Å². The van der Waals surface area contributed by atoms with Crippen LogP contribution in [0.15, 0.2) is 135 Å². The molecule has 314 valence electrons. The van der Waals surface area contributed by atoms with Gasteiger partial charge in [-0.05, 0) is 85.4 Å². The van der Waals surface area contributed by atoms with E-state index in [1.807, 2.05) is 21.6 Å². The van der Waals surface area contributed by atoms with Crippen molar-refractivity contribution in [1.82, 2.24) is 9.13 Å². The van der Waals surface area contributed by atoms with E-state index in [0.717, 1.165) is 52.1 Å². The van der Waals surface area contributed by atoms with Gasteiger partial charge in [0.1, 0.15) is 38.9 Å². The Balaban J connectivity index is 0.750. The summed E-state index contributed by atoms with van der Waals surface area (Å²) >= 11 is 0. The first-order chi connectivity index (χ1) is 29.4. The highest BCUT2D eigenvalue weighted by Gasteiger charge is 2.09. The van der Waals surface area contributed by atoms with Gasteiger partial charge in [-0.2, -0.15) is 0 Å². The minimum Gasteiger partial charge on any atom is -0.374 e. The summed E-state index contributed by atoms with van der Waals surface area (Å²) in [7, 11) is 12.6. The Hall–Kier alpha value is -5.06. The molecule has 4 aromatic heterocycles. The van der Waals surface area contributed by atoms with Crippen molar-refractivity contribution in [1.29, 1.82) is 0 Å². The minimum atomic E-state index is 1.03. The number of benzene rings is 2. The standard InChI is InChI=1S/C50H66N8S2/c1-51-29-7-5-15-47(51)23-17-45-19-25-49(26-20-45)53(3)31-13-35-57-39-37-55(43-57)33-9-11-41-59-60-42-12-10-34-56-38-40-58(44-56)36-14-32-54(4)50-27-21-46(22-28-50)18-24-48-16-6-8-30-52(48)2/h5-8,15-30,37-40,43-44H,9-14,31-36,41-42H2,1-4H3/q+4. The van der Waals surface area contributed by atoms with Crippen molar-refractivity contribution in [3.63, 3.8) is 0 Å². The molecule has 0 N–H and O–H groups in total. The second-order valence-electron chi connectivity index (χ2n) is 15.7. The monoisotopic (exact) mass is 842 g/mol. The van der Waals surface area contributed by atoms with Crippen LogP contribution < -0.4 is 28.1 Å². The largest absolute Gasteiger partial charge is 0.374 e. The number of pyridine rings is 2. The third-order valence-electron chi connectivity index (χ3n) is 10.9. The predicted molar refractivity (Wildman–Crippen MR) is 254 cm³/mol. The molecule has 60 heavy (non-hydrogen) atoms. The molecule has 0 aliphatic rings. The van der Waals surface area contributed by atoms with E-state index in [2.05, 4.69) is 224 Å². The molecule has 0 unspecified atom stereocenters. The zero-order valence-electron chi connectivity index (χ0n) is 36.3. The van der Waals surface area contributed by atoms with Gasteiger partial charge in [0.15, 0.2) is 12.4 Å². The van der Waals surface area contributed by atoms with E-state index < -0.39 is 0 Å². The van der Waals surface area contributed by atoms with Crippen molar-refractivity contribution in [3.8, 4) is 0 Å². The number of aryl methyl sites for hydroxylation is 6. The summed E-state index contributed by atoms with van der Waals surface area (Å²) in [5, 5.41) is 0. The molecule has 0 amide bonds. The van der Waals surface area contributed by atoms with Crippen LogP contribution in [0.3, 0.4) is 0 Å². The van der Waals surface area contributed by atoms with E-state index in [4.69, 9.17) is 0 Å². The summed E-state index contributed by atoms with van der Waals surface area (Å²) < 4.78 is 13.6. The molecule has 0 spiro atoms. The van der Waals surface area contributed by atoms with Gasteiger partial charge in [0.25, 0.3) is 0 Å². The highest BCUT2D eigenvalue weighted by molar-refractivity contribution is 8.76. The molecule has 0 fully saturated rings. The summed E-state index contributed by atoms with van der Waals surface area (Å²) in [5.41, 5.74) is 7.31. The summed E-state index contributed by atoms with van der Waals surface area (Å²) in [6.07, 6.45) is 33.5. The average molecular weight is 843 g/mol. The molecule has 0 bridgehead atoms. The van der Waals surface area contributed by atoms with E-state index in [0.29, 0.717) is 0 Å². The second-order valence-corrected chi connectivity index (χ2v) is 18.4. The number of unbranched alkanes of at least 4 members (excludes halogenated alkanes) is 2. The average Bonchev–Trinajstić information content (AvgIpc) is 3.93. The van der Waals surface area contributed by atoms with Gasteiger partial charge < -0.3 is 9.80 Å². The van der Waals surface area contributed by atoms with Gasteiger partial charge in [-0.15, -0.1) is 0 Å². The first-order valence-corrected chi connectivity index (χ1v) is 24.1. The molecular formula is C50H66N8S2+4. The van der Waals surface area contributed by atoms with Crippen LogP contribution in [0.25, 0.3) is 24.3 Å². The topological polar surface area (TPSA) is 31.9 Å². The highest BCUT2D eigenvalue weighted by Crippen LogP contribution is 2.24. The van der Waals surface area contributed by atoms with Crippen LogP contribution in [0.5, 0.6) is 0 Å². The summed E-state index contributed by atoms with van der Waals surface area (Å²) in [6.45, 7) is 6.31. The fourth-order valence-electron chi connectivity index (χ4n) is 7.14. The van der Waals surface area contributed by atoms with Gasteiger partial charge in [0, 0.05) is 99.3 Å². The van der Waals surface area contributed by atoms with E-state index in [9.17, 15) is 0 Å². The Kier molecular flexibility index (Phi) is 18.0. The summed E-state index contributed by atoms with van der Waals surface area (Å²) in [4.78, 5) is 4.70. The summed E-state index contributed by atoms with van der Waals surface area (Å²) in [5.74, 6) is 2.45. The second kappa shape index (κ2) is 24.3. The number of aromatic nitrogens is 6. The molecule has 0 atom stereocenters. The SMILES string of the molecule is CN(CCC[n+]1ccn(CCCCSSCCCCn2cc[n+](CCCN(C)c3ccc(/C=C/c4cccc[n+]4C)cc3)c2)c1)c1ccc(/C=C/c2cccc[n+]2C)cc1. The zero-order valence-corrected chi connectivity index (χ0v) is 37.9. The lowest BCUT2D eigenvalue weighted by Gasteiger charge is -2.18. The molecule has 8 nitrogen and oxygen atoms in total. The smallest absolute Gasteiger partial charge is 0.243 e. The molecule has 4 heterocycles. The van der Waals surface area contributed by atoms with Crippen LogP contribution in [-0.2, 0) is 40.3 Å². The Labute approximate surface area is 367 Å². The lowest BCUT2D eigenvalue weighted by Crippen LogP contribution is -2.33. The number of anilines is 2. The lowest BCUT2D eigenvalue weighted by molar-refractivity contribution is -0.696. The molecule has 0 aliphatic carbocycles. The maximum absolute atomic E-state index is 2.35. The molecule has 10 heteroatoms. The number of hydrogen-bond donors (Lipinski definition) is 0. The first-order valence-electron chi connectivity index (χ1n) is 21.6. The van der Waals surface area contributed by atoms with E-state index in [1.165, 1.54) is 71.1 Å². The fourth-order valence-corrected chi connectivity index (χ4v) is 9.43. The molecule has 0 saturated heterocycles. The van der Waals surface area contributed by atoms with Gasteiger partial charge in [0.05, 0.1) is 26.2 Å². The van der Waals surface area contributed by atoms with Crippen LogP contribution in [0.4, 0.5) is 11.4 Å². The van der Waals surface area contributed by atoms with Crippen molar-refractivity contribution in [2.24, 2.45) is 14.1 Å². The number of rotatable bonds is 25. The maximum atomic E-state index is 2.35. The Morgan fingerprint density at radius 1 is 0.500 bits per heavy atom. The number of nitrogens with zero attached hydrogens (tertiary/aromatic N) is 8. The van der Waals surface area contributed by atoms with Gasteiger partial charge in [0.2, 0.25) is 24.0 Å². The third kappa shape index (κ3) is 14.9. The Bertz CT molecular complexity index is 2050. The lowest BCUT2D eigenvalue weighted by atomic mass is 10.1. The van der Waals surface area contributed by atoms with Crippen LogP contribution in [0, 0.1) is 0 Å². The molecule has 0 radical (unpaired) electrons. The predicted octanol–water partition coefficient (Wildman–Crippen LogP) is 8.55. The molecule has 6 rings (SSSR count). The van der Waals surface area contributed by atoms with E-state index in [1.54, 1.807) is 0 Å². The van der Waals surface area contributed by atoms with Gasteiger partial charge >= 0.3 is 0 Å². The van der Waals surface area contributed by atoms with Crippen molar-refractivity contribution in [2.45, 2.75) is 64.7 Å². The quantitative estimate of drug-likeness (QED) is 0.0329. The van der Waals surface area contributed by atoms with Crippen LogP contribution >= 0.6 is 21.6 Å². The fraction of sp³-hybridized carbons (Fsp3) is 0.360. The normalized spacial score (nSPS) is 11.6. The van der Waals surface area contributed by atoms with Crippen LogP contribution in [-0.4, -0.2) is 47.8 Å². The Morgan fingerprint density at radius 2 is 0.933 bits per heavy atom. The highest BCUT2D eigenvalue weighted by atomic mass is 33.1. The molecule has 6 aromatic rings. The van der Waals surface area contributed by atoms with Crippen LogP contribution in [0.2, 0.25) is 0 Å². The maximum Gasteiger partial charge on any atom is 0.243 e. The van der Waals surface area contributed by atoms with Gasteiger partial charge in [-0.3, -0.25) is 0 Å². The molecule has 2 aromatic carbocycles. The Morgan fingerprint density at radius 3 is 1.35 bits per heavy atom. The van der Waals surface area contributed by atoms with Gasteiger partial charge in [-0.1, -0.05) is 45.9 Å². The van der Waals surface area contributed by atoms with Crippen LogP contribution in [0.1, 0.15) is 61.0 Å². The van der Waals surface area contributed by atoms with Crippen molar-refractivity contribution < 1.29 is 18.3 Å². The zero-order chi connectivity index (χ0) is 41.8. The molecule has 0 saturated carbocycles. The minimum absolute atomic E-state index is 1.03. The third-order valence-corrected chi connectivity index (χ3v) is 13.5. The number of hydrogen-bond acceptors (Lipinski definition) is 4.